The molecule has 1 aliphatic carbocycles. The molecule has 3 aliphatic heterocycles. The first kappa shape index (κ1) is 15.1. The number of rotatable bonds is 1. The number of nitrogens with zero attached hydrogens (tertiary/aromatic N) is 2. The summed E-state index contributed by atoms with van der Waals surface area (Å²) < 4.78 is 20.5. The number of carboxylic acid groups (broad SMARTS) is 1. The molecular formula is C16H16FN3O4. The Bertz CT molecular complexity index is 767. The highest BCUT2D eigenvalue weighted by atomic mass is 19.1. The summed E-state index contributed by atoms with van der Waals surface area (Å²) in [5.74, 6) is -1.92. The van der Waals surface area contributed by atoms with Crippen LogP contribution in [0.2, 0.25) is 0 Å². The van der Waals surface area contributed by atoms with E-state index in [1.165, 1.54) is 12.3 Å². The highest BCUT2D eigenvalue weighted by Crippen LogP contribution is 2.40. The SMILES string of the molecule is CC1N=C(C(=O)O)C(=O)N2C1=COC1=C2C(F)C=C2CCCNC21. The number of aliphatic carboxylic acids is 1. The number of halogens is 1. The Morgan fingerprint density at radius 1 is 1.54 bits per heavy atom. The van der Waals surface area contributed by atoms with E-state index in [0.717, 1.165) is 29.9 Å². The Morgan fingerprint density at radius 3 is 3.08 bits per heavy atom. The van der Waals surface area contributed by atoms with Gasteiger partial charge >= 0.3 is 5.97 Å². The van der Waals surface area contributed by atoms with Gasteiger partial charge in [0.1, 0.15) is 17.7 Å². The smallest absolute Gasteiger partial charge is 0.359 e. The Kier molecular flexibility index (Phi) is 3.31. The molecule has 2 N–H and O–H groups in total. The zero-order chi connectivity index (χ0) is 17.0. The molecule has 1 fully saturated rings. The van der Waals surface area contributed by atoms with Crippen molar-refractivity contribution in [2.45, 2.75) is 38.0 Å². The van der Waals surface area contributed by atoms with Crippen molar-refractivity contribution in [3.05, 3.63) is 35.1 Å². The topological polar surface area (TPSA) is 91.2 Å². The van der Waals surface area contributed by atoms with E-state index in [1.54, 1.807) is 6.92 Å². The molecule has 7 nitrogen and oxygen atoms in total. The lowest BCUT2D eigenvalue weighted by atomic mass is 9.87. The summed E-state index contributed by atoms with van der Waals surface area (Å²) in [5.41, 5.74) is 0.709. The summed E-state index contributed by atoms with van der Waals surface area (Å²) in [6, 6.07) is -0.895. The number of amides is 1. The van der Waals surface area contributed by atoms with Gasteiger partial charge in [0.2, 0.25) is 5.71 Å². The number of alkyl halides is 1. The van der Waals surface area contributed by atoms with Crippen LogP contribution >= 0.6 is 0 Å². The van der Waals surface area contributed by atoms with E-state index in [9.17, 15) is 19.1 Å². The predicted molar refractivity (Wildman–Crippen MR) is 81.6 cm³/mol. The summed E-state index contributed by atoms with van der Waals surface area (Å²) >= 11 is 0. The molecule has 126 valence electrons. The van der Waals surface area contributed by atoms with Gasteiger partial charge in [0, 0.05) is 0 Å². The number of aliphatic imine (C=N–C) groups is 1. The quantitative estimate of drug-likeness (QED) is 0.695. The summed E-state index contributed by atoms with van der Waals surface area (Å²) in [6.45, 7) is 2.40. The fourth-order valence-electron chi connectivity index (χ4n) is 3.56. The molecular weight excluding hydrogens is 317 g/mol. The normalized spacial score (nSPS) is 31.9. The second-order valence-corrected chi connectivity index (χ2v) is 6.14. The minimum Gasteiger partial charge on any atom is -0.476 e. The monoisotopic (exact) mass is 333 g/mol. The third kappa shape index (κ3) is 2.02. The lowest BCUT2D eigenvalue weighted by molar-refractivity contribution is -0.132. The van der Waals surface area contributed by atoms with Crippen molar-refractivity contribution >= 4 is 17.6 Å². The lowest BCUT2D eigenvalue weighted by Gasteiger charge is -2.42. The number of hydrogen-bond donors (Lipinski definition) is 2. The van der Waals surface area contributed by atoms with Crippen LogP contribution in [0.15, 0.2) is 40.1 Å². The van der Waals surface area contributed by atoms with Crippen molar-refractivity contribution in [2.75, 3.05) is 6.54 Å². The van der Waals surface area contributed by atoms with E-state index < -0.39 is 29.8 Å². The Balaban J connectivity index is 1.81. The molecule has 0 aromatic rings. The van der Waals surface area contributed by atoms with Crippen molar-refractivity contribution in [1.82, 2.24) is 10.2 Å². The van der Waals surface area contributed by atoms with Gasteiger partial charge in [-0.25, -0.2) is 9.18 Å². The largest absolute Gasteiger partial charge is 0.476 e. The van der Waals surface area contributed by atoms with E-state index in [1.807, 2.05) is 0 Å². The summed E-state index contributed by atoms with van der Waals surface area (Å²) in [5, 5.41) is 12.5. The van der Waals surface area contributed by atoms with Gasteiger partial charge in [0.05, 0.1) is 17.8 Å². The summed E-state index contributed by atoms with van der Waals surface area (Å²) in [7, 11) is 0. The van der Waals surface area contributed by atoms with Gasteiger partial charge in [-0.05, 0) is 38.0 Å². The molecule has 3 heterocycles. The van der Waals surface area contributed by atoms with Crippen LogP contribution in [0.5, 0.6) is 0 Å². The van der Waals surface area contributed by atoms with Crippen LogP contribution in [0.25, 0.3) is 0 Å². The third-order valence-corrected chi connectivity index (χ3v) is 4.66. The van der Waals surface area contributed by atoms with Gasteiger partial charge in [-0.15, -0.1) is 0 Å². The molecule has 0 aromatic carbocycles. The molecule has 8 heteroatoms. The molecule has 3 unspecified atom stereocenters. The average Bonchev–Trinajstić information content (AvgIpc) is 2.57. The number of ether oxygens (including phenoxy) is 1. The van der Waals surface area contributed by atoms with Crippen molar-refractivity contribution in [2.24, 2.45) is 4.99 Å². The maximum Gasteiger partial charge on any atom is 0.359 e. The van der Waals surface area contributed by atoms with Gasteiger partial charge in [-0.2, -0.15) is 0 Å². The fraction of sp³-hybridized carbons (Fsp3) is 0.438. The maximum absolute atomic E-state index is 14.8. The maximum atomic E-state index is 14.8. The first-order valence-corrected chi connectivity index (χ1v) is 7.83. The third-order valence-electron chi connectivity index (χ3n) is 4.66. The van der Waals surface area contributed by atoms with Crippen LogP contribution in [0.1, 0.15) is 19.8 Å². The van der Waals surface area contributed by atoms with Crippen LogP contribution in [0.4, 0.5) is 4.39 Å². The summed E-state index contributed by atoms with van der Waals surface area (Å²) in [6.07, 6.45) is 3.01. The zero-order valence-electron chi connectivity index (χ0n) is 13.0. The Labute approximate surface area is 137 Å². The number of carboxylic acids is 1. The molecule has 0 bridgehead atoms. The number of carbonyl (C=O) groups excluding carboxylic acids is 1. The number of allylic oxidation sites excluding steroid dienone is 1. The van der Waals surface area contributed by atoms with Gasteiger partial charge in [0.15, 0.2) is 6.17 Å². The first-order valence-electron chi connectivity index (χ1n) is 7.83. The molecule has 0 saturated carbocycles. The molecule has 0 aromatic heterocycles. The van der Waals surface area contributed by atoms with Gasteiger partial charge in [-0.3, -0.25) is 14.7 Å². The molecule has 0 spiro atoms. The van der Waals surface area contributed by atoms with E-state index in [0.29, 0.717) is 11.5 Å². The van der Waals surface area contributed by atoms with Crippen molar-refractivity contribution in [3.8, 4) is 0 Å². The van der Waals surface area contributed by atoms with Gasteiger partial charge in [0.25, 0.3) is 5.91 Å². The van der Waals surface area contributed by atoms with Crippen LogP contribution in [-0.4, -0.2) is 52.4 Å². The fourth-order valence-corrected chi connectivity index (χ4v) is 3.56. The zero-order valence-corrected chi connectivity index (χ0v) is 13.0. The van der Waals surface area contributed by atoms with Crippen molar-refractivity contribution in [1.29, 1.82) is 0 Å². The van der Waals surface area contributed by atoms with E-state index in [4.69, 9.17) is 4.74 Å². The standard InChI is InChI=1S/C16H16FN3O4/c1-7-10-6-24-14-11-8(3-2-4-18-11)5-9(17)13(14)20(10)15(21)12(19-7)16(22)23/h5-7,9,11,18H,2-4H2,1H3,(H,22,23). The van der Waals surface area contributed by atoms with E-state index in [2.05, 4.69) is 10.3 Å². The number of hydrogen-bond acceptors (Lipinski definition) is 5. The van der Waals surface area contributed by atoms with Crippen LogP contribution < -0.4 is 5.32 Å². The van der Waals surface area contributed by atoms with Crippen LogP contribution in [-0.2, 0) is 14.3 Å². The lowest BCUT2D eigenvalue weighted by Crippen LogP contribution is -2.52. The average molecular weight is 333 g/mol. The second kappa shape index (κ2) is 5.27. The van der Waals surface area contributed by atoms with Crippen molar-refractivity contribution in [3.63, 3.8) is 0 Å². The number of fused-ring (bicyclic) bond motifs is 4. The molecule has 1 amide bonds. The number of carbonyl (C=O) groups is 2. The second-order valence-electron chi connectivity index (χ2n) is 6.14. The molecule has 3 atom stereocenters. The van der Waals surface area contributed by atoms with E-state index in [-0.39, 0.29) is 11.7 Å². The van der Waals surface area contributed by atoms with Gasteiger partial charge in [-0.1, -0.05) is 0 Å². The minimum absolute atomic E-state index is 0.0566. The predicted octanol–water partition coefficient (Wildman–Crippen LogP) is 0.856. The first-order chi connectivity index (χ1) is 11.5. The number of nitrogens with one attached hydrogen (secondary N) is 1. The molecule has 4 rings (SSSR count). The minimum atomic E-state index is -1.53. The number of piperidine rings is 1. The Morgan fingerprint density at radius 2 is 2.33 bits per heavy atom. The van der Waals surface area contributed by atoms with Crippen LogP contribution in [0, 0.1) is 0 Å². The van der Waals surface area contributed by atoms with E-state index >= 15 is 0 Å². The van der Waals surface area contributed by atoms with Crippen molar-refractivity contribution < 1.29 is 23.8 Å². The highest BCUT2D eigenvalue weighted by Gasteiger charge is 2.46. The molecule has 1 saturated heterocycles. The molecule has 4 aliphatic rings. The summed E-state index contributed by atoms with van der Waals surface area (Å²) in [4.78, 5) is 28.9. The Hall–Kier alpha value is -2.48. The molecule has 24 heavy (non-hydrogen) atoms. The van der Waals surface area contributed by atoms with Gasteiger partial charge < -0.3 is 15.2 Å². The molecule has 0 radical (unpaired) electrons. The highest BCUT2D eigenvalue weighted by molar-refractivity contribution is 6.64. The van der Waals surface area contributed by atoms with Crippen LogP contribution in [0.3, 0.4) is 0 Å².